The zero-order valence-electron chi connectivity index (χ0n) is 15.8. The number of aryl methyl sites for hydroxylation is 2. The summed E-state index contributed by atoms with van der Waals surface area (Å²) in [5, 5.41) is 2.60. The molecule has 0 spiro atoms. The summed E-state index contributed by atoms with van der Waals surface area (Å²) < 4.78 is 15.2. The molecule has 0 aromatic heterocycles. The van der Waals surface area contributed by atoms with E-state index in [9.17, 15) is 14.4 Å². The summed E-state index contributed by atoms with van der Waals surface area (Å²) in [7, 11) is 0. The van der Waals surface area contributed by atoms with Crippen LogP contribution in [0, 0.1) is 13.8 Å². The van der Waals surface area contributed by atoms with Crippen LogP contribution >= 0.6 is 0 Å². The van der Waals surface area contributed by atoms with E-state index >= 15 is 0 Å². The van der Waals surface area contributed by atoms with Crippen molar-refractivity contribution in [3.05, 3.63) is 28.8 Å². The average molecular weight is 365 g/mol. The maximum absolute atomic E-state index is 12.0. The summed E-state index contributed by atoms with van der Waals surface area (Å²) in [5.41, 5.74) is 2.47. The van der Waals surface area contributed by atoms with Gasteiger partial charge in [0.25, 0.3) is 0 Å². The summed E-state index contributed by atoms with van der Waals surface area (Å²) in [5.74, 6) is -0.125. The number of unbranched alkanes of at least 4 members (excludes halogenated alkanes) is 1. The number of carbonyl (C=O) groups is 3. The predicted molar refractivity (Wildman–Crippen MR) is 95.9 cm³/mol. The molecule has 1 rings (SSSR count). The van der Waals surface area contributed by atoms with E-state index in [0.717, 1.165) is 16.7 Å². The van der Waals surface area contributed by atoms with E-state index in [2.05, 4.69) is 5.32 Å². The van der Waals surface area contributed by atoms with Gasteiger partial charge in [0.1, 0.15) is 12.4 Å². The Labute approximate surface area is 154 Å². The van der Waals surface area contributed by atoms with Crippen molar-refractivity contribution < 1.29 is 28.6 Å². The van der Waals surface area contributed by atoms with E-state index in [1.807, 2.05) is 26.0 Å². The minimum Gasteiger partial charge on any atom is -0.461 e. The third kappa shape index (κ3) is 8.00. The van der Waals surface area contributed by atoms with Crippen LogP contribution in [0.15, 0.2) is 12.1 Å². The number of ether oxygens (including phenoxy) is 3. The van der Waals surface area contributed by atoms with Gasteiger partial charge in [-0.25, -0.2) is 4.79 Å². The van der Waals surface area contributed by atoms with E-state index in [1.165, 1.54) is 6.92 Å². The van der Waals surface area contributed by atoms with Crippen molar-refractivity contribution in [1.29, 1.82) is 0 Å². The second-order valence-corrected chi connectivity index (χ2v) is 5.92. The fourth-order valence-electron chi connectivity index (χ4n) is 2.40. The van der Waals surface area contributed by atoms with Crippen LogP contribution in [0.3, 0.4) is 0 Å². The highest BCUT2D eigenvalue weighted by atomic mass is 16.5. The molecule has 1 N–H and O–H groups in total. The molecular weight excluding hydrogens is 338 g/mol. The quantitative estimate of drug-likeness (QED) is 0.410. The summed E-state index contributed by atoms with van der Waals surface area (Å²) in [6.07, 6.45) is 1.08. The maximum atomic E-state index is 12.0. The van der Waals surface area contributed by atoms with Gasteiger partial charge in [0, 0.05) is 19.9 Å². The molecule has 0 heterocycles. The maximum Gasteiger partial charge on any atom is 0.407 e. The highest BCUT2D eigenvalue weighted by molar-refractivity contribution is 5.73. The van der Waals surface area contributed by atoms with E-state index in [0.29, 0.717) is 31.7 Å². The number of carbonyl (C=O) groups excluding carboxylic acids is 3. The zero-order valence-corrected chi connectivity index (χ0v) is 15.8. The van der Waals surface area contributed by atoms with Crippen molar-refractivity contribution in [2.75, 3.05) is 13.2 Å². The summed E-state index contributed by atoms with van der Waals surface area (Å²) in [6.45, 7) is 7.76. The number of benzene rings is 1. The van der Waals surface area contributed by atoms with Crippen LogP contribution < -0.4 is 10.1 Å². The van der Waals surface area contributed by atoms with Crippen molar-refractivity contribution in [3.63, 3.8) is 0 Å². The second-order valence-electron chi connectivity index (χ2n) is 5.92. The van der Waals surface area contributed by atoms with Crippen LogP contribution in [0.2, 0.25) is 0 Å². The van der Waals surface area contributed by atoms with Crippen molar-refractivity contribution >= 4 is 18.0 Å². The Morgan fingerprint density at radius 2 is 1.69 bits per heavy atom. The lowest BCUT2D eigenvalue weighted by atomic mass is 10.1. The first-order valence-electron chi connectivity index (χ1n) is 8.68. The molecule has 0 saturated carbocycles. The first-order valence-corrected chi connectivity index (χ1v) is 8.68. The van der Waals surface area contributed by atoms with Crippen molar-refractivity contribution in [1.82, 2.24) is 5.32 Å². The first-order chi connectivity index (χ1) is 12.3. The van der Waals surface area contributed by atoms with Gasteiger partial charge in [0.05, 0.1) is 6.61 Å². The largest absolute Gasteiger partial charge is 0.461 e. The molecule has 0 aliphatic heterocycles. The van der Waals surface area contributed by atoms with Crippen LogP contribution in [0.5, 0.6) is 5.75 Å². The predicted octanol–water partition coefficient (Wildman–Crippen LogP) is 3.19. The van der Waals surface area contributed by atoms with Crippen LogP contribution in [0.25, 0.3) is 0 Å². The van der Waals surface area contributed by atoms with E-state index in [1.54, 1.807) is 6.92 Å². The van der Waals surface area contributed by atoms with Gasteiger partial charge >= 0.3 is 18.0 Å². The Morgan fingerprint density at radius 3 is 2.27 bits per heavy atom. The number of alkyl carbamates (subject to hydrolysis) is 1. The number of hydrogen-bond acceptors (Lipinski definition) is 6. The fraction of sp³-hybridized carbons (Fsp3) is 0.526. The lowest BCUT2D eigenvalue weighted by Crippen LogP contribution is -2.25. The van der Waals surface area contributed by atoms with Gasteiger partial charge in [-0.2, -0.15) is 0 Å². The van der Waals surface area contributed by atoms with Gasteiger partial charge in [0.15, 0.2) is 0 Å². The van der Waals surface area contributed by atoms with Crippen LogP contribution in [-0.4, -0.2) is 31.2 Å². The Morgan fingerprint density at radius 1 is 1.04 bits per heavy atom. The van der Waals surface area contributed by atoms with Crippen molar-refractivity contribution in [2.45, 2.75) is 53.6 Å². The molecule has 144 valence electrons. The SMILES string of the molecule is CCOC(=O)NCCCCC(=O)Oc1c(C)cc(COC(C)=O)cc1C. The van der Waals surface area contributed by atoms with Crippen LogP contribution in [-0.2, 0) is 25.7 Å². The molecule has 0 saturated heterocycles. The highest BCUT2D eigenvalue weighted by Crippen LogP contribution is 2.26. The molecule has 7 heteroatoms. The molecule has 1 aromatic carbocycles. The zero-order chi connectivity index (χ0) is 19.5. The molecular formula is C19H27NO6. The van der Waals surface area contributed by atoms with E-state index < -0.39 is 6.09 Å². The topological polar surface area (TPSA) is 90.9 Å². The number of amides is 1. The normalized spacial score (nSPS) is 10.2. The lowest BCUT2D eigenvalue weighted by Gasteiger charge is -2.13. The molecule has 0 bridgehead atoms. The van der Waals surface area contributed by atoms with E-state index in [-0.39, 0.29) is 25.0 Å². The van der Waals surface area contributed by atoms with Gasteiger partial charge in [-0.1, -0.05) is 0 Å². The first kappa shape index (κ1) is 21.5. The molecule has 7 nitrogen and oxygen atoms in total. The monoisotopic (exact) mass is 365 g/mol. The third-order valence-corrected chi connectivity index (χ3v) is 3.53. The molecule has 0 aliphatic carbocycles. The minimum absolute atomic E-state index is 0.193. The number of hydrogen-bond donors (Lipinski definition) is 1. The molecule has 0 radical (unpaired) electrons. The fourth-order valence-corrected chi connectivity index (χ4v) is 2.40. The van der Waals surface area contributed by atoms with Crippen molar-refractivity contribution in [2.24, 2.45) is 0 Å². The Hall–Kier alpha value is -2.57. The lowest BCUT2D eigenvalue weighted by molar-refractivity contribution is -0.142. The van der Waals surface area contributed by atoms with Crippen molar-refractivity contribution in [3.8, 4) is 5.75 Å². The second kappa shape index (κ2) is 11.1. The summed E-state index contributed by atoms with van der Waals surface area (Å²) in [6, 6.07) is 3.67. The molecule has 0 unspecified atom stereocenters. The highest BCUT2D eigenvalue weighted by Gasteiger charge is 2.12. The number of nitrogens with one attached hydrogen (secondary N) is 1. The Kier molecular flexibility index (Phi) is 9.19. The standard InChI is InChI=1S/C19H27NO6/c1-5-24-19(23)20-9-7-6-8-17(22)26-18-13(2)10-16(11-14(18)3)12-25-15(4)21/h10-11H,5-9,12H2,1-4H3,(H,20,23). The summed E-state index contributed by atoms with van der Waals surface area (Å²) >= 11 is 0. The van der Waals surface area contributed by atoms with Gasteiger partial charge in [0.2, 0.25) is 0 Å². The molecule has 0 atom stereocenters. The molecule has 26 heavy (non-hydrogen) atoms. The summed E-state index contributed by atoms with van der Waals surface area (Å²) in [4.78, 5) is 34.0. The third-order valence-electron chi connectivity index (χ3n) is 3.53. The van der Waals surface area contributed by atoms with Crippen LogP contribution in [0.4, 0.5) is 4.79 Å². The van der Waals surface area contributed by atoms with Gasteiger partial charge in [-0.3, -0.25) is 9.59 Å². The molecule has 0 aliphatic rings. The van der Waals surface area contributed by atoms with Gasteiger partial charge < -0.3 is 19.5 Å². The van der Waals surface area contributed by atoms with Gasteiger partial charge in [-0.05, 0) is 62.4 Å². The average Bonchev–Trinajstić information content (AvgIpc) is 2.56. The van der Waals surface area contributed by atoms with Crippen LogP contribution in [0.1, 0.15) is 49.8 Å². The minimum atomic E-state index is -0.449. The molecule has 1 aromatic rings. The Bertz CT molecular complexity index is 618. The van der Waals surface area contributed by atoms with E-state index in [4.69, 9.17) is 14.2 Å². The Balaban J connectivity index is 2.44. The smallest absolute Gasteiger partial charge is 0.407 e. The molecule has 1 amide bonds. The molecule has 0 fully saturated rings. The number of esters is 2. The number of rotatable bonds is 9. The van der Waals surface area contributed by atoms with Gasteiger partial charge in [-0.15, -0.1) is 0 Å².